The van der Waals surface area contributed by atoms with Gasteiger partial charge in [-0.2, -0.15) is 5.10 Å². The monoisotopic (exact) mass is 482 g/mol. The summed E-state index contributed by atoms with van der Waals surface area (Å²) in [6.45, 7) is 4.62. The molecule has 0 bridgehead atoms. The lowest BCUT2D eigenvalue weighted by Gasteiger charge is -2.25. The second-order valence-electron chi connectivity index (χ2n) is 10.1. The van der Waals surface area contributed by atoms with Gasteiger partial charge >= 0.3 is 0 Å². The van der Waals surface area contributed by atoms with Gasteiger partial charge in [0, 0.05) is 24.1 Å². The third kappa shape index (κ3) is 5.43. The van der Waals surface area contributed by atoms with Crippen molar-refractivity contribution in [1.82, 2.24) is 14.6 Å². The van der Waals surface area contributed by atoms with E-state index in [1.165, 1.54) is 25.0 Å². The van der Waals surface area contributed by atoms with Crippen LogP contribution in [0.4, 0.5) is 5.69 Å². The Kier molecular flexibility index (Phi) is 7.31. The molecular weight excluding hydrogens is 448 g/mol. The second kappa shape index (κ2) is 10.9. The number of aromatic nitrogens is 3. The van der Waals surface area contributed by atoms with Crippen molar-refractivity contribution in [3.8, 4) is 16.9 Å². The van der Waals surface area contributed by atoms with Gasteiger partial charge in [0.15, 0.2) is 5.65 Å². The van der Waals surface area contributed by atoms with Crippen LogP contribution in [0.2, 0.25) is 0 Å². The number of amides is 1. The highest BCUT2D eigenvalue weighted by molar-refractivity contribution is 5.94. The van der Waals surface area contributed by atoms with Crippen molar-refractivity contribution in [2.75, 3.05) is 5.32 Å². The van der Waals surface area contributed by atoms with Crippen LogP contribution in [-0.2, 0) is 11.4 Å². The maximum absolute atomic E-state index is 12.4. The molecule has 1 N–H and O–H groups in total. The quantitative estimate of drug-likeness (QED) is 0.293. The number of anilines is 1. The van der Waals surface area contributed by atoms with Crippen LogP contribution in [0.25, 0.3) is 16.8 Å². The highest BCUT2D eigenvalue weighted by Gasteiger charge is 2.24. The smallest absolute Gasteiger partial charge is 0.224 e. The number of carbonyl (C=O) groups is 1. The zero-order chi connectivity index (χ0) is 24.9. The first-order valence-corrected chi connectivity index (χ1v) is 13.0. The van der Waals surface area contributed by atoms with Crippen molar-refractivity contribution in [3.05, 3.63) is 78.2 Å². The number of benzene rings is 2. The summed E-state index contributed by atoms with van der Waals surface area (Å²) in [5.74, 6) is 1.54. The average Bonchev–Trinajstić information content (AvgIpc) is 3.30. The lowest BCUT2D eigenvalue weighted by molar-refractivity contribution is -0.116. The van der Waals surface area contributed by atoms with E-state index >= 15 is 0 Å². The van der Waals surface area contributed by atoms with Crippen molar-refractivity contribution in [1.29, 1.82) is 0 Å². The van der Waals surface area contributed by atoms with Gasteiger partial charge in [-0.25, -0.2) is 9.50 Å². The van der Waals surface area contributed by atoms with Crippen molar-refractivity contribution < 1.29 is 9.53 Å². The van der Waals surface area contributed by atoms with Gasteiger partial charge in [-0.05, 0) is 42.0 Å². The van der Waals surface area contributed by atoms with Crippen LogP contribution >= 0.6 is 0 Å². The fourth-order valence-electron chi connectivity index (χ4n) is 5.07. The lowest BCUT2D eigenvalue weighted by Crippen LogP contribution is -2.15. The molecule has 2 aromatic heterocycles. The molecule has 6 nitrogen and oxygen atoms in total. The molecule has 1 fully saturated rings. The minimum atomic E-state index is -0.00363. The molecule has 0 saturated heterocycles. The predicted molar refractivity (Wildman–Crippen MR) is 143 cm³/mol. The molecule has 5 rings (SSSR count). The molecule has 2 aromatic carbocycles. The Morgan fingerprint density at radius 1 is 1.03 bits per heavy atom. The number of rotatable bonds is 8. The molecule has 4 aromatic rings. The maximum atomic E-state index is 12.4. The van der Waals surface area contributed by atoms with E-state index in [-0.39, 0.29) is 5.91 Å². The molecule has 1 amide bonds. The molecule has 36 heavy (non-hydrogen) atoms. The lowest BCUT2D eigenvalue weighted by atomic mass is 9.84. The topological polar surface area (TPSA) is 68.5 Å². The molecule has 0 radical (unpaired) electrons. The number of hydrogen-bond acceptors (Lipinski definition) is 4. The van der Waals surface area contributed by atoms with E-state index in [0.717, 1.165) is 35.3 Å². The molecule has 0 spiro atoms. The van der Waals surface area contributed by atoms with Crippen molar-refractivity contribution in [2.24, 2.45) is 5.92 Å². The van der Waals surface area contributed by atoms with Gasteiger partial charge in [-0.15, -0.1) is 0 Å². The minimum absolute atomic E-state index is 0.00363. The van der Waals surface area contributed by atoms with Crippen molar-refractivity contribution in [3.63, 3.8) is 0 Å². The third-order valence-corrected chi connectivity index (χ3v) is 6.84. The van der Waals surface area contributed by atoms with E-state index in [2.05, 4.69) is 29.6 Å². The van der Waals surface area contributed by atoms with Crippen LogP contribution in [0.3, 0.4) is 0 Å². The number of hydrogen-bond donors (Lipinski definition) is 1. The van der Waals surface area contributed by atoms with Crippen LogP contribution < -0.4 is 10.1 Å². The summed E-state index contributed by atoms with van der Waals surface area (Å²) >= 11 is 0. The van der Waals surface area contributed by atoms with Crippen molar-refractivity contribution in [2.45, 2.75) is 64.9 Å². The Labute approximate surface area is 212 Å². The standard InChI is InChI=1S/C30H34N4O2/c1-21(2)17-28(35)33-27-19-32-34-29(24-11-7-4-8-12-24)26(18-31-30(27)34)23-13-15-25(16-14-23)36-20-22-9-5-3-6-10-22/h3,5-6,9-10,13-16,18-19,21,24H,4,7-8,11-12,17,20H2,1-2H3,(H,33,35). The first-order valence-electron chi connectivity index (χ1n) is 13.0. The van der Waals surface area contributed by atoms with Crippen LogP contribution in [0, 0.1) is 5.92 Å². The fourth-order valence-corrected chi connectivity index (χ4v) is 5.07. The summed E-state index contributed by atoms with van der Waals surface area (Å²) in [7, 11) is 0. The highest BCUT2D eigenvalue weighted by atomic mass is 16.5. The van der Waals surface area contributed by atoms with Gasteiger partial charge in [0.2, 0.25) is 5.91 Å². The molecule has 0 unspecified atom stereocenters. The number of nitrogens with one attached hydrogen (secondary N) is 1. The maximum Gasteiger partial charge on any atom is 0.224 e. The normalized spacial score (nSPS) is 14.3. The summed E-state index contributed by atoms with van der Waals surface area (Å²) in [4.78, 5) is 17.2. The third-order valence-electron chi connectivity index (χ3n) is 6.84. The zero-order valence-corrected chi connectivity index (χ0v) is 21.1. The molecule has 0 aliphatic heterocycles. The number of nitrogens with zero attached hydrogens (tertiary/aromatic N) is 3. The molecule has 1 aliphatic rings. The average molecular weight is 483 g/mol. The van der Waals surface area contributed by atoms with Crippen LogP contribution in [-0.4, -0.2) is 20.5 Å². The Morgan fingerprint density at radius 3 is 2.50 bits per heavy atom. The van der Waals surface area contributed by atoms with E-state index < -0.39 is 0 Å². The summed E-state index contributed by atoms with van der Waals surface area (Å²) in [6, 6.07) is 18.4. The van der Waals surface area contributed by atoms with E-state index in [4.69, 9.17) is 14.8 Å². The zero-order valence-electron chi connectivity index (χ0n) is 21.1. The summed E-state index contributed by atoms with van der Waals surface area (Å²) in [5, 5.41) is 7.73. The van der Waals surface area contributed by atoms with Crippen LogP contribution in [0.15, 0.2) is 67.0 Å². The molecule has 1 aliphatic carbocycles. The van der Waals surface area contributed by atoms with Gasteiger partial charge in [0.25, 0.3) is 0 Å². The summed E-state index contributed by atoms with van der Waals surface area (Å²) in [5.41, 5.74) is 5.89. The minimum Gasteiger partial charge on any atom is -0.489 e. The SMILES string of the molecule is CC(C)CC(=O)Nc1cnn2c(C3CCCCC3)c(-c3ccc(OCc4ccccc4)cc3)cnc12. The number of carbonyl (C=O) groups excluding carboxylic acids is 1. The molecular formula is C30H34N4O2. The Bertz CT molecular complexity index is 1310. The molecule has 1 saturated carbocycles. The van der Waals surface area contributed by atoms with Gasteiger partial charge in [0.1, 0.15) is 18.0 Å². The molecule has 2 heterocycles. The van der Waals surface area contributed by atoms with Gasteiger partial charge in [0.05, 0.1) is 11.9 Å². The van der Waals surface area contributed by atoms with Gasteiger partial charge in [-0.1, -0.05) is 75.6 Å². The van der Waals surface area contributed by atoms with E-state index in [9.17, 15) is 4.79 Å². The van der Waals surface area contributed by atoms with Gasteiger partial charge < -0.3 is 10.1 Å². The molecule has 6 heteroatoms. The fraction of sp³-hybridized carbons (Fsp3) is 0.367. The molecule has 0 atom stereocenters. The molecule has 186 valence electrons. The van der Waals surface area contributed by atoms with E-state index in [1.54, 1.807) is 6.20 Å². The predicted octanol–water partition coefficient (Wildman–Crippen LogP) is 7.01. The highest BCUT2D eigenvalue weighted by Crippen LogP contribution is 2.39. The van der Waals surface area contributed by atoms with Crippen LogP contribution in [0.1, 0.15) is 69.5 Å². The Balaban J connectivity index is 1.45. The van der Waals surface area contributed by atoms with E-state index in [1.807, 2.05) is 54.9 Å². The van der Waals surface area contributed by atoms with Crippen LogP contribution in [0.5, 0.6) is 5.75 Å². The largest absolute Gasteiger partial charge is 0.489 e. The number of ether oxygens (including phenoxy) is 1. The van der Waals surface area contributed by atoms with Crippen molar-refractivity contribution >= 4 is 17.2 Å². The Hall–Kier alpha value is -3.67. The first kappa shape index (κ1) is 24.0. The van der Waals surface area contributed by atoms with Gasteiger partial charge in [-0.3, -0.25) is 4.79 Å². The second-order valence-corrected chi connectivity index (χ2v) is 10.1. The van der Waals surface area contributed by atoms with E-state index in [0.29, 0.717) is 36.2 Å². The number of fused-ring (bicyclic) bond motifs is 1. The first-order chi connectivity index (χ1) is 17.6. The Morgan fingerprint density at radius 2 is 1.78 bits per heavy atom. The summed E-state index contributed by atoms with van der Waals surface area (Å²) < 4.78 is 7.95. The summed E-state index contributed by atoms with van der Waals surface area (Å²) in [6.07, 6.45) is 10.2.